The van der Waals surface area contributed by atoms with Gasteiger partial charge in [-0.1, -0.05) is 0 Å². The molecule has 1 amide bonds. The van der Waals surface area contributed by atoms with Crippen molar-refractivity contribution in [2.75, 3.05) is 40.0 Å². The zero-order valence-electron chi connectivity index (χ0n) is 12.9. The number of ether oxygens (including phenoxy) is 2. The Kier molecular flexibility index (Phi) is 8.06. The first-order valence-corrected chi connectivity index (χ1v) is 7.41. The molecular weight excluding hydrogens is 258 g/mol. The summed E-state index contributed by atoms with van der Waals surface area (Å²) in [4.78, 5) is 14.2. The smallest absolute Gasteiger partial charge is 0.239 e. The molecule has 0 radical (unpaired) electrons. The van der Waals surface area contributed by atoms with Crippen LogP contribution < -0.4 is 11.1 Å². The Balaban J connectivity index is 2.17. The van der Waals surface area contributed by atoms with Crippen LogP contribution in [0.3, 0.4) is 0 Å². The van der Waals surface area contributed by atoms with Gasteiger partial charge >= 0.3 is 0 Å². The van der Waals surface area contributed by atoms with Crippen LogP contribution in [-0.2, 0) is 14.3 Å². The highest BCUT2D eigenvalue weighted by molar-refractivity contribution is 5.81. The third-order valence-corrected chi connectivity index (χ3v) is 3.48. The molecule has 0 aromatic heterocycles. The molecule has 1 aliphatic heterocycles. The van der Waals surface area contributed by atoms with Crippen molar-refractivity contribution in [3.63, 3.8) is 0 Å². The average Bonchev–Trinajstić information content (AvgIpc) is 2.40. The van der Waals surface area contributed by atoms with Gasteiger partial charge in [-0.05, 0) is 26.7 Å². The Morgan fingerprint density at radius 1 is 1.40 bits per heavy atom. The van der Waals surface area contributed by atoms with Crippen LogP contribution >= 0.6 is 0 Å². The van der Waals surface area contributed by atoms with Crippen LogP contribution in [0.2, 0.25) is 0 Å². The SMILES string of the molecule is COCC(N)C(=O)NC1CCN(CCOC(C)C)CC1. The minimum absolute atomic E-state index is 0.117. The molecule has 6 nitrogen and oxygen atoms in total. The Bertz CT molecular complexity index is 279. The van der Waals surface area contributed by atoms with Crippen molar-refractivity contribution >= 4 is 5.91 Å². The molecule has 1 aliphatic rings. The standard InChI is InChI=1S/C14H29N3O3/c1-11(2)20-9-8-17-6-4-12(5-7-17)16-14(18)13(15)10-19-3/h11-13H,4-10,15H2,1-3H3,(H,16,18). The maximum absolute atomic E-state index is 11.8. The van der Waals surface area contributed by atoms with Crippen molar-refractivity contribution in [3.8, 4) is 0 Å². The number of nitrogens with two attached hydrogens (primary N) is 1. The highest BCUT2D eigenvalue weighted by Gasteiger charge is 2.22. The molecule has 0 spiro atoms. The van der Waals surface area contributed by atoms with Crippen LogP contribution in [-0.4, -0.2) is 69.0 Å². The van der Waals surface area contributed by atoms with Gasteiger partial charge in [-0.25, -0.2) is 0 Å². The number of likely N-dealkylation sites (tertiary alicyclic amines) is 1. The number of hydrogen-bond acceptors (Lipinski definition) is 5. The quantitative estimate of drug-likeness (QED) is 0.655. The van der Waals surface area contributed by atoms with Crippen molar-refractivity contribution in [3.05, 3.63) is 0 Å². The van der Waals surface area contributed by atoms with Gasteiger partial charge in [-0.3, -0.25) is 4.79 Å². The first-order chi connectivity index (χ1) is 9.52. The number of methoxy groups -OCH3 is 1. The molecule has 20 heavy (non-hydrogen) atoms. The number of nitrogens with zero attached hydrogens (tertiary/aromatic N) is 1. The van der Waals surface area contributed by atoms with Crippen LogP contribution in [0.1, 0.15) is 26.7 Å². The molecule has 1 saturated heterocycles. The van der Waals surface area contributed by atoms with Gasteiger partial charge in [0.05, 0.1) is 19.3 Å². The van der Waals surface area contributed by atoms with E-state index in [2.05, 4.69) is 10.2 Å². The van der Waals surface area contributed by atoms with E-state index in [4.69, 9.17) is 15.2 Å². The van der Waals surface area contributed by atoms with Crippen LogP contribution in [0, 0.1) is 0 Å². The first-order valence-electron chi connectivity index (χ1n) is 7.41. The van der Waals surface area contributed by atoms with Gasteiger partial charge in [0.2, 0.25) is 5.91 Å². The molecule has 1 unspecified atom stereocenters. The topological polar surface area (TPSA) is 76.8 Å². The Morgan fingerprint density at radius 3 is 2.60 bits per heavy atom. The summed E-state index contributed by atoms with van der Waals surface area (Å²) in [7, 11) is 1.55. The van der Waals surface area contributed by atoms with Crippen LogP contribution in [0.25, 0.3) is 0 Å². The molecule has 0 aliphatic carbocycles. The highest BCUT2D eigenvalue weighted by Crippen LogP contribution is 2.10. The second-order valence-electron chi connectivity index (χ2n) is 5.61. The van der Waals surface area contributed by atoms with E-state index in [1.807, 2.05) is 13.8 Å². The van der Waals surface area contributed by atoms with Gasteiger partial charge < -0.3 is 25.4 Å². The summed E-state index contributed by atoms with van der Waals surface area (Å²) in [6.07, 6.45) is 2.22. The van der Waals surface area contributed by atoms with Crippen molar-refractivity contribution in [1.29, 1.82) is 0 Å². The molecule has 1 rings (SSSR count). The molecule has 1 atom stereocenters. The summed E-state index contributed by atoms with van der Waals surface area (Å²) in [5, 5.41) is 3.00. The van der Waals surface area contributed by atoms with Gasteiger partial charge in [0.25, 0.3) is 0 Å². The Labute approximate surface area is 122 Å². The van der Waals surface area contributed by atoms with E-state index in [1.54, 1.807) is 7.11 Å². The normalized spacial score (nSPS) is 19.2. The van der Waals surface area contributed by atoms with Crippen molar-refractivity contribution in [2.24, 2.45) is 5.73 Å². The van der Waals surface area contributed by atoms with Gasteiger partial charge in [0, 0.05) is 32.8 Å². The monoisotopic (exact) mass is 287 g/mol. The largest absolute Gasteiger partial charge is 0.383 e. The lowest BCUT2D eigenvalue weighted by atomic mass is 10.0. The fraction of sp³-hybridized carbons (Fsp3) is 0.929. The molecule has 1 heterocycles. The van der Waals surface area contributed by atoms with Gasteiger partial charge in [-0.15, -0.1) is 0 Å². The summed E-state index contributed by atoms with van der Waals surface area (Å²) in [6, 6.07) is -0.342. The van der Waals surface area contributed by atoms with Crippen LogP contribution in [0.4, 0.5) is 0 Å². The van der Waals surface area contributed by atoms with Crippen LogP contribution in [0.15, 0.2) is 0 Å². The number of carbonyl (C=O) groups is 1. The summed E-state index contributed by atoms with van der Waals surface area (Å²) in [5.74, 6) is -0.117. The molecule has 0 saturated carbocycles. The Morgan fingerprint density at radius 2 is 2.05 bits per heavy atom. The minimum Gasteiger partial charge on any atom is -0.383 e. The van der Waals surface area contributed by atoms with E-state index < -0.39 is 6.04 Å². The maximum atomic E-state index is 11.8. The van der Waals surface area contributed by atoms with Gasteiger partial charge in [-0.2, -0.15) is 0 Å². The fourth-order valence-corrected chi connectivity index (χ4v) is 2.28. The molecule has 6 heteroatoms. The molecule has 1 fully saturated rings. The zero-order valence-corrected chi connectivity index (χ0v) is 12.9. The predicted molar refractivity (Wildman–Crippen MR) is 78.5 cm³/mol. The second kappa shape index (κ2) is 9.28. The van der Waals surface area contributed by atoms with Crippen LogP contribution in [0.5, 0.6) is 0 Å². The number of amides is 1. The van der Waals surface area contributed by atoms with Gasteiger partial charge in [0.15, 0.2) is 0 Å². The highest BCUT2D eigenvalue weighted by atomic mass is 16.5. The zero-order chi connectivity index (χ0) is 15.0. The number of hydrogen-bond donors (Lipinski definition) is 2. The molecule has 3 N–H and O–H groups in total. The van der Waals surface area contributed by atoms with E-state index in [0.29, 0.717) is 0 Å². The summed E-state index contributed by atoms with van der Waals surface area (Å²) < 4.78 is 10.4. The lowest BCUT2D eigenvalue weighted by Crippen LogP contribution is -2.51. The molecule has 0 aromatic rings. The summed E-state index contributed by atoms with van der Waals surface area (Å²) >= 11 is 0. The second-order valence-corrected chi connectivity index (χ2v) is 5.61. The number of piperidine rings is 1. The lowest BCUT2D eigenvalue weighted by molar-refractivity contribution is -0.124. The van der Waals surface area contributed by atoms with E-state index in [0.717, 1.165) is 39.1 Å². The van der Waals surface area contributed by atoms with E-state index in [1.165, 1.54) is 0 Å². The molecule has 0 aromatic carbocycles. The predicted octanol–water partition coefficient (Wildman–Crippen LogP) is -0.0343. The maximum Gasteiger partial charge on any atom is 0.239 e. The van der Waals surface area contributed by atoms with E-state index in [-0.39, 0.29) is 24.7 Å². The van der Waals surface area contributed by atoms with E-state index in [9.17, 15) is 4.79 Å². The lowest BCUT2D eigenvalue weighted by Gasteiger charge is -2.32. The first kappa shape index (κ1) is 17.4. The summed E-state index contributed by atoms with van der Waals surface area (Å²) in [6.45, 7) is 8.07. The van der Waals surface area contributed by atoms with E-state index >= 15 is 0 Å². The van der Waals surface area contributed by atoms with Gasteiger partial charge in [0.1, 0.15) is 6.04 Å². The Hall–Kier alpha value is -0.690. The molecular formula is C14H29N3O3. The third kappa shape index (κ3) is 6.65. The summed E-state index contributed by atoms with van der Waals surface area (Å²) in [5.41, 5.74) is 5.70. The number of nitrogens with one attached hydrogen (secondary N) is 1. The number of carbonyl (C=O) groups excluding carboxylic acids is 1. The van der Waals surface area contributed by atoms with Crippen molar-refractivity contribution < 1.29 is 14.3 Å². The average molecular weight is 287 g/mol. The number of rotatable bonds is 8. The minimum atomic E-state index is -0.572. The molecule has 118 valence electrons. The molecule has 0 bridgehead atoms. The fourth-order valence-electron chi connectivity index (χ4n) is 2.28. The van der Waals surface area contributed by atoms with Crippen molar-refractivity contribution in [2.45, 2.75) is 44.9 Å². The van der Waals surface area contributed by atoms with Crippen molar-refractivity contribution in [1.82, 2.24) is 10.2 Å². The third-order valence-electron chi connectivity index (χ3n) is 3.48.